The van der Waals surface area contributed by atoms with Gasteiger partial charge in [-0.05, 0) is 26.0 Å². The summed E-state index contributed by atoms with van der Waals surface area (Å²) in [4.78, 5) is 11.2. The Hall–Kier alpha value is -1.65. The highest BCUT2D eigenvalue weighted by Gasteiger charge is 2.17. The Bertz CT molecular complexity index is 379. The molecule has 0 unspecified atom stereocenters. The quantitative estimate of drug-likeness (QED) is 0.744. The van der Waals surface area contributed by atoms with Gasteiger partial charge in [0.05, 0.1) is 6.61 Å². The van der Waals surface area contributed by atoms with E-state index in [1.807, 2.05) is 0 Å². The molecule has 0 radical (unpaired) electrons. The Labute approximate surface area is 92.0 Å². The van der Waals surface area contributed by atoms with Crippen LogP contribution in [0.4, 0.5) is 8.78 Å². The molecule has 0 aliphatic carbocycles. The Morgan fingerprint density at radius 1 is 1.44 bits per heavy atom. The standard InChI is InChI=1S/C11H12F2O3/c1-3-15-11(14)7(2)16-10-6-8(12)4-5-9(10)13/h4-7H,3H2,1-2H3/t7-/m0/s1. The summed E-state index contributed by atoms with van der Waals surface area (Å²) >= 11 is 0. The number of hydrogen-bond donors (Lipinski definition) is 0. The number of ether oxygens (including phenoxy) is 2. The van der Waals surface area contributed by atoms with Crippen LogP contribution >= 0.6 is 0 Å². The van der Waals surface area contributed by atoms with Crippen molar-refractivity contribution in [3.05, 3.63) is 29.8 Å². The molecule has 0 bridgehead atoms. The van der Waals surface area contributed by atoms with Crippen molar-refractivity contribution >= 4 is 5.97 Å². The van der Waals surface area contributed by atoms with Gasteiger partial charge in [-0.3, -0.25) is 0 Å². The molecule has 1 aromatic carbocycles. The van der Waals surface area contributed by atoms with Crippen LogP contribution < -0.4 is 4.74 Å². The van der Waals surface area contributed by atoms with Gasteiger partial charge in [-0.1, -0.05) is 0 Å². The lowest BCUT2D eigenvalue weighted by molar-refractivity contribution is -0.150. The fourth-order valence-corrected chi connectivity index (χ4v) is 1.07. The highest BCUT2D eigenvalue weighted by Crippen LogP contribution is 2.19. The molecule has 0 aliphatic rings. The zero-order valence-electron chi connectivity index (χ0n) is 9.00. The minimum atomic E-state index is -0.976. The van der Waals surface area contributed by atoms with Crippen LogP contribution in [0.1, 0.15) is 13.8 Å². The van der Waals surface area contributed by atoms with Gasteiger partial charge in [0.2, 0.25) is 0 Å². The smallest absolute Gasteiger partial charge is 0.347 e. The molecule has 1 atom stereocenters. The van der Waals surface area contributed by atoms with Gasteiger partial charge >= 0.3 is 5.97 Å². The van der Waals surface area contributed by atoms with Crippen LogP contribution in [0.2, 0.25) is 0 Å². The molecule has 0 saturated heterocycles. The molecule has 3 nitrogen and oxygen atoms in total. The fourth-order valence-electron chi connectivity index (χ4n) is 1.07. The monoisotopic (exact) mass is 230 g/mol. The van der Waals surface area contributed by atoms with Crippen molar-refractivity contribution in [3.8, 4) is 5.75 Å². The van der Waals surface area contributed by atoms with Crippen molar-refractivity contribution in [2.24, 2.45) is 0 Å². The van der Waals surface area contributed by atoms with E-state index < -0.39 is 23.7 Å². The van der Waals surface area contributed by atoms with Gasteiger partial charge in [0.1, 0.15) is 5.82 Å². The van der Waals surface area contributed by atoms with Crippen LogP contribution in [0.25, 0.3) is 0 Å². The third kappa shape index (κ3) is 3.18. The molecule has 0 fully saturated rings. The van der Waals surface area contributed by atoms with E-state index in [0.717, 1.165) is 18.2 Å². The first-order chi connectivity index (χ1) is 7.54. The van der Waals surface area contributed by atoms with Crippen LogP contribution in [-0.4, -0.2) is 18.7 Å². The summed E-state index contributed by atoms with van der Waals surface area (Å²) in [6, 6.07) is 2.78. The molecular weight excluding hydrogens is 218 g/mol. The van der Waals surface area contributed by atoms with Crippen LogP contribution in [0.5, 0.6) is 5.75 Å². The molecule has 0 aromatic heterocycles. The highest BCUT2D eigenvalue weighted by molar-refractivity contribution is 5.74. The fraction of sp³-hybridized carbons (Fsp3) is 0.364. The first-order valence-corrected chi connectivity index (χ1v) is 4.83. The summed E-state index contributed by atoms with van der Waals surface area (Å²) in [7, 11) is 0. The highest BCUT2D eigenvalue weighted by atomic mass is 19.1. The summed E-state index contributed by atoms with van der Waals surface area (Å²) in [5.74, 6) is -2.28. The van der Waals surface area contributed by atoms with E-state index in [1.165, 1.54) is 6.92 Å². The summed E-state index contributed by atoms with van der Waals surface area (Å²) in [5, 5.41) is 0. The van der Waals surface area contributed by atoms with Crippen molar-refractivity contribution in [1.29, 1.82) is 0 Å². The third-order valence-electron chi connectivity index (χ3n) is 1.82. The molecule has 0 heterocycles. The van der Waals surface area contributed by atoms with E-state index in [4.69, 9.17) is 4.74 Å². The lowest BCUT2D eigenvalue weighted by Gasteiger charge is -2.13. The number of carbonyl (C=O) groups excluding carboxylic acids is 1. The predicted octanol–water partition coefficient (Wildman–Crippen LogP) is 2.30. The van der Waals surface area contributed by atoms with Gasteiger partial charge in [0.25, 0.3) is 0 Å². The third-order valence-corrected chi connectivity index (χ3v) is 1.82. The van der Waals surface area contributed by atoms with Gasteiger partial charge < -0.3 is 9.47 Å². The summed E-state index contributed by atoms with van der Waals surface area (Å²) in [6.45, 7) is 3.26. The maximum absolute atomic E-state index is 13.1. The zero-order valence-corrected chi connectivity index (χ0v) is 9.00. The predicted molar refractivity (Wildman–Crippen MR) is 53.1 cm³/mol. The molecule has 0 aliphatic heterocycles. The van der Waals surface area contributed by atoms with Crippen molar-refractivity contribution in [3.63, 3.8) is 0 Å². The van der Waals surface area contributed by atoms with E-state index in [0.29, 0.717) is 0 Å². The molecule has 1 rings (SSSR count). The molecule has 5 heteroatoms. The molecule has 1 aromatic rings. The number of benzene rings is 1. The van der Waals surface area contributed by atoms with Crippen LogP contribution in [0.3, 0.4) is 0 Å². The normalized spacial score (nSPS) is 12.0. The number of esters is 1. The second kappa shape index (κ2) is 5.44. The largest absolute Gasteiger partial charge is 0.476 e. The van der Waals surface area contributed by atoms with Crippen molar-refractivity contribution < 1.29 is 23.0 Å². The molecule has 0 N–H and O–H groups in total. The first-order valence-electron chi connectivity index (χ1n) is 4.83. The Morgan fingerprint density at radius 3 is 2.75 bits per heavy atom. The molecular formula is C11H12F2O3. The maximum Gasteiger partial charge on any atom is 0.347 e. The number of rotatable bonds is 4. The van der Waals surface area contributed by atoms with Crippen LogP contribution in [0.15, 0.2) is 18.2 Å². The van der Waals surface area contributed by atoms with Gasteiger partial charge in [0.15, 0.2) is 17.7 Å². The SMILES string of the molecule is CCOC(=O)[C@H](C)Oc1cc(F)ccc1F. The zero-order chi connectivity index (χ0) is 12.1. The molecule has 88 valence electrons. The number of carbonyl (C=O) groups is 1. The van der Waals surface area contributed by atoms with E-state index >= 15 is 0 Å². The van der Waals surface area contributed by atoms with E-state index in [1.54, 1.807) is 6.92 Å². The van der Waals surface area contributed by atoms with Gasteiger partial charge in [-0.25, -0.2) is 13.6 Å². The lowest BCUT2D eigenvalue weighted by atomic mass is 10.3. The molecule has 0 saturated carbocycles. The summed E-state index contributed by atoms with van der Waals surface area (Å²) < 4.78 is 35.5. The van der Waals surface area contributed by atoms with E-state index in [9.17, 15) is 13.6 Å². The topological polar surface area (TPSA) is 35.5 Å². The Balaban J connectivity index is 2.72. The van der Waals surface area contributed by atoms with E-state index in [2.05, 4.69) is 4.74 Å². The first kappa shape index (κ1) is 12.4. The average molecular weight is 230 g/mol. The Morgan fingerprint density at radius 2 is 2.12 bits per heavy atom. The van der Waals surface area contributed by atoms with Crippen LogP contribution in [0, 0.1) is 11.6 Å². The number of hydrogen-bond acceptors (Lipinski definition) is 3. The van der Waals surface area contributed by atoms with Crippen LogP contribution in [-0.2, 0) is 9.53 Å². The lowest BCUT2D eigenvalue weighted by Crippen LogP contribution is -2.26. The second-order valence-electron chi connectivity index (χ2n) is 3.09. The maximum atomic E-state index is 13.1. The van der Waals surface area contributed by atoms with Crippen molar-refractivity contribution in [2.45, 2.75) is 20.0 Å². The minimum Gasteiger partial charge on any atom is -0.476 e. The summed E-state index contributed by atoms with van der Waals surface area (Å²) in [6.07, 6.45) is -0.976. The van der Waals surface area contributed by atoms with Crippen molar-refractivity contribution in [2.75, 3.05) is 6.61 Å². The molecule has 16 heavy (non-hydrogen) atoms. The average Bonchev–Trinajstić information content (AvgIpc) is 2.23. The van der Waals surface area contributed by atoms with Crippen molar-refractivity contribution in [1.82, 2.24) is 0 Å². The Kier molecular flexibility index (Phi) is 4.22. The van der Waals surface area contributed by atoms with Gasteiger partial charge in [-0.2, -0.15) is 0 Å². The minimum absolute atomic E-state index is 0.207. The van der Waals surface area contributed by atoms with Gasteiger partial charge in [-0.15, -0.1) is 0 Å². The number of halogens is 2. The molecule has 0 amide bonds. The van der Waals surface area contributed by atoms with Gasteiger partial charge in [0, 0.05) is 6.07 Å². The molecule has 0 spiro atoms. The van der Waals surface area contributed by atoms with E-state index in [-0.39, 0.29) is 12.4 Å². The summed E-state index contributed by atoms with van der Waals surface area (Å²) in [5.41, 5.74) is 0. The second-order valence-corrected chi connectivity index (χ2v) is 3.09.